The molecular formula is C6H11F2NO. The fourth-order valence-corrected chi connectivity index (χ4v) is 0.394. The van der Waals surface area contributed by atoms with Crippen molar-refractivity contribution in [1.82, 2.24) is 5.32 Å². The number of halogens is 2. The highest BCUT2D eigenvalue weighted by atomic mass is 19.3. The molecule has 2 nitrogen and oxygen atoms in total. The maximum atomic E-state index is 12.0. The molecule has 0 saturated carbocycles. The van der Waals surface area contributed by atoms with Crippen LogP contribution in [0.3, 0.4) is 0 Å². The summed E-state index contributed by atoms with van der Waals surface area (Å²) >= 11 is 0. The Labute approximate surface area is 58.6 Å². The van der Waals surface area contributed by atoms with Crippen molar-refractivity contribution in [3.8, 4) is 0 Å². The first-order valence-corrected chi connectivity index (χ1v) is 3.14. The maximum Gasteiger partial charge on any atom is 0.321 e. The van der Waals surface area contributed by atoms with Gasteiger partial charge in [0.1, 0.15) is 0 Å². The van der Waals surface area contributed by atoms with Gasteiger partial charge in [-0.25, -0.2) is 0 Å². The molecule has 1 amide bonds. The first kappa shape index (κ1) is 9.33. The van der Waals surface area contributed by atoms with Crippen LogP contribution < -0.4 is 5.32 Å². The van der Waals surface area contributed by atoms with E-state index < -0.39 is 11.8 Å². The van der Waals surface area contributed by atoms with E-state index >= 15 is 0 Å². The van der Waals surface area contributed by atoms with Crippen LogP contribution in [0.5, 0.6) is 0 Å². The van der Waals surface area contributed by atoms with E-state index in [2.05, 4.69) is 5.32 Å². The summed E-state index contributed by atoms with van der Waals surface area (Å²) in [4.78, 5) is 10.4. The minimum atomic E-state index is -3.24. The minimum absolute atomic E-state index is 0.308. The third-order valence-corrected chi connectivity index (χ3v) is 0.934. The van der Waals surface area contributed by atoms with E-state index in [-0.39, 0.29) is 0 Å². The minimum Gasteiger partial charge on any atom is -0.351 e. The molecule has 0 bridgehead atoms. The third kappa shape index (κ3) is 3.37. The van der Waals surface area contributed by atoms with Gasteiger partial charge < -0.3 is 5.32 Å². The predicted octanol–water partition coefficient (Wildman–Crippen LogP) is 1.17. The highest BCUT2D eigenvalue weighted by molar-refractivity contribution is 5.82. The number of carbonyl (C=O) groups excluding carboxylic acids is 1. The van der Waals surface area contributed by atoms with E-state index in [0.29, 0.717) is 19.9 Å². The number of hydrogen-bond acceptors (Lipinski definition) is 1. The zero-order valence-electron chi connectivity index (χ0n) is 6.08. The molecule has 0 fully saturated rings. The lowest BCUT2D eigenvalue weighted by atomic mass is 10.3. The summed E-state index contributed by atoms with van der Waals surface area (Å²) in [6.45, 7) is 2.69. The van der Waals surface area contributed by atoms with Gasteiger partial charge >= 0.3 is 5.92 Å². The largest absolute Gasteiger partial charge is 0.351 e. The van der Waals surface area contributed by atoms with Gasteiger partial charge in [-0.1, -0.05) is 6.92 Å². The second kappa shape index (κ2) is 3.49. The van der Waals surface area contributed by atoms with Gasteiger partial charge in [-0.15, -0.1) is 0 Å². The molecule has 0 aromatic rings. The van der Waals surface area contributed by atoms with Gasteiger partial charge in [-0.2, -0.15) is 8.78 Å². The molecule has 0 rings (SSSR count). The summed E-state index contributed by atoms with van der Waals surface area (Å²) in [6.07, 6.45) is 0.668. The van der Waals surface area contributed by atoms with Crippen molar-refractivity contribution in [2.45, 2.75) is 26.2 Å². The Morgan fingerprint density at radius 2 is 2.10 bits per heavy atom. The molecule has 0 aromatic heterocycles. The van der Waals surface area contributed by atoms with Crippen LogP contribution in [0.2, 0.25) is 0 Å². The van der Waals surface area contributed by atoms with Gasteiger partial charge in [0.25, 0.3) is 5.91 Å². The molecule has 0 heterocycles. The Balaban J connectivity index is 3.64. The van der Waals surface area contributed by atoms with Gasteiger partial charge in [0, 0.05) is 13.5 Å². The van der Waals surface area contributed by atoms with Crippen LogP contribution in [0, 0.1) is 0 Å². The highest BCUT2D eigenvalue weighted by Gasteiger charge is 2.31. The van der Waals surface area contributed by atoms with Crippen LogP contribution in [-0.4, -0.2) is 18.4 Å². The van der Waals surface area contributed by atoms with Crippen molar-refractivity contribution in [2.75, 3.05) is 6.54 Å². The Bertz CT molecular complexity index is 119. The van der Waals surface area contributed by atoms with E-state index in [4.69, 9.17) is 0 Å². The van der Waals surface area contributed by atoms with E-state index in [0.717, 1.165) is 0 Å². The number of carbonyl (C=O) groups is 1. The second-order valence-electron chi connectivity index (χ2n) is 2.14. The molecule has 0 atom stereocenters. The van der Waals surface area contributed by atoms with Crippen LogP contribution in [-0.2, 0) is 4.79 Å². The molecule has 0 unspecified atom stereocenters. The molecule has 10 heavy (non-hydrogen) atoms. The fraction of sp³-hybridized carbons (Fsp3) is 0.833. The molecule has 0 aromatic carbocycles. The van der Waals surface area contributed by atoms with Crippen LogP contribution in [0.25, 0.3) is 0 Å². The average molecular weight is 151 g/mol. The van der Waals surface area contributed by atoms with E-state index in [9.17, 15) is 13.6 Å². The van der Waals surface area contributed by atoms with Crippen molar-refractivity contribution in [2.24, 2.45) is 0 Å². The normalized spacial score (nSPS) is 11.2. The van der Waals surface area contributed by atoms with Crippen LogP contribution in [0.1, 0.15) is 20.3 Å². The first-order valence-electron chi connectivity index (χ1n) is 3.14. The van der Waals surface area contributed by atoms with Crippen LogP contribution in [0.4, 0.5) is 8.78 Å². The molecule has 0 aliphatic rings. The quantitative estimate of drug-likeness (QED) is 0.644. The zero-order chi connectivity index (χ0) is 8.20. The summed E-state index contributed by atoms with van der Waals surface area (Å²) in [7, 11) is 0. The molecule has 1 N–H and O–H groups in total. The third-order valence-electron chi connectivity index (χ3n) is 0.934. The van der Waals surface area contributed by atoms with Gasteiger partial charge in [0.15, 0.2) is 0 Å². The number of rotatable bonds is 3. The molecule has 4 heteroatoms. The number of alkyl halides is 2. The second-order valence-corrected chi connectivity index (χ2v) is 2.14. The van der Waals surface area contributed by atoms with Crippen molar-refractivity contribution >= 4 is 5.91 Å². The lowest BCUT2D eigenvalue weighted by Crippen LogP contribution is -2.37. The topological polar surface area (TPSA) is 29.1 Å². The van der Waals surface area contributed by atoms with Crippen LogP contribution >= 0.6 is 0 Å². The van der Waals surface area contributed by atoms with Gasteiger partial charge in [-0.3, -0.25) is 4.79 Å². The van der Waals surface area contributed by atoms with E-state index in [1.165, 1.54) is 0 Å². The molecule has 0 aliphatic heterocycles. The Kier molecular flexibility index (Phi) is 3.25. The summed E-state index contributed by atoms with van der Waals surface area (Å²) in [5, 5.41) is 2.08. The summed E-state index contributed by atoms with van der Waals surface area (Å²) < 4.78 is 24.1. The summed E-state index contributed by atoms with van der Waals surface area (Å²) in [5.74, 6) is -4.44. The van der Waals surface area contributed by atoms with Crippen molar-refractivity contribution in [3.63, 3.8) is 0 Å². The number of hydrogen-bond donors (Lipinski definition) is 1. The Hall–Kier alpha value is -0.670. The SMILES string of the molecule is CCCNC(=O)C(C)(F)F. The van der Waals surface area contributed by atoms with E-state index in [1.54, 1.807) is 6.92 Å². The van der Waals surface area contributed by atoms with Gasteiger partial charge in [-0.05, 0) is 6.42 Å². The van der Waals surface area contributed by atoms with Gasteiger partial charge in [0.2, 0.25) is 0 Å². The lowest BCUT2D eigenvalue weighted by Gasteiger charge is -2.08. The summed E-state index contributed by atoms with van der Waals surface area (Å²) in [5.41, 5.74) is 0. The van der Waals surface area contributed by atoms with Crippen LogP contribution in [0.15, 0.2) is 0 Å². The van der Waals surface area contributed by atoms with Crippen molar-refractivity contribution in [1.29, 1.82) is 0 Å². The van der Waals surface area contributed by atoms with Crippen molar-refractivity contribution in [3.05, 3.63) is 0 Å². The monoisotopic (exact) mass is 151 g/mol. The first-order chi connectivity index (χ1) is 4.48. The number of nitrogens with one attached hydrogen (secondary N) is 1. The number of amides is 1. The fourth-order valence-electron chi connectivity index (χ4n) is 0.394. The Morgan fingerprint density at radius 3 is 2.40 bits per heavy atom. The molecule has 0 saturated heterocycles. The molecule has 0 aliphatic carbocycles. The average Bonchev–Trinajstić information content (AvgIpc) is 1.80. The lowest BCUT2D eigenvalue weighted by molar-refractivity contribution is -0.142. The summed E-state index contributed by atoms with van der Waals surface area (Å²) in [6, 6.07) is 0. The zero-order valence-corrected chi connectivity index (χ0v) is 6.08. The molecule has 60 valence electrons. The van der Waals surface area contributed by atoms with E-state index in [1.807, 2.05) is 0 Å². The maximum absolute atomic E-state index is 12.0. The highest BCUT2D eigenvalue weighted by Crippen LogP contribution is 2.10. The smallest absolute Gasteiger partial charge is 0.321 e. The molecule has 0 spiro atoms. The van der Waals surface area contributed by atoms with Gasteiger partial charge in [0.05, 0.1) is 0 Å². The van der Waals surface area contributed by atoms with Crippen molar-refractivity contribution < 1.29 is 13.6 Å². The molecule has 0 radical (unpaired) electrons. The Morgan fingerprint density at radius 1 is 1.60 bits per heavy atom. The standard InChI is InChI=1S/C6H11F2NO/c1-3-4-9-5(10)6(2,7)8/h3-4H2,1-2H3,(H,9,10). The molecular weight excluding hydrogens is 140 g/mol. The predicted molar refractivity (Wildman–Crippen MR) is 33.9 cm³/mol.